The van der Waals surface area contributed by atoms with Gasteiger partial charge in [-0.2, -0.15) is 0 Å². The standard InChI is InChI=1S/C16H18O4S/c1-3-11(2)15-10-14(8-9-16(15)18)21(19,20)13-6-4-12(17)5-7-13/h4-11,17-18H,3H2,1-2H3. The van der Waals surface area contributed by atoms with Gasteiger partial charge in [-0.1, -0.05) is 13.8 Å². The average Bonchev–Trinajstić information content (AvgIpc) is 2.47. The molecule has 112 valence electrons. The van der Waals surface area contributed by atoms with Crippen LogP contribution >= 0.6 is 0 Å². The van der Waals surface area contributed by atoms with Crippen molar-refractivity contribution in [2.45, 2.75) is 36.0 Å². The van der Waals surface area contributed by atoms with Crippen LogP contribution in [0.5, 0.6) is 11.5 Å². The van der Waals surface area contributed by atoms with Crippen molar-refractivity contribution >= 4 is 9.84 Å². The van der Waals surface area contributed by atoms with E-state index < -0.39 is 9.84 Å². The van der Waals surface area contributed by atoms with Crippen LogP contribution in [0.3, 0.4) is 0 Å². The van der Waals surface area contributed by atoms with Crippen molar-refractivity contribution in [3.63, 3.8) is 0 Å². The first-order valence-corrected chi connectivity index (χ1v) is 8.21. The quantitative estimate of drug-likeness (QED) is 0.907. The highest BCUT2D eigenvalue weighted by molar-refractivity contribution is 7.91. The maximum absolute atomic E-state index is 12.6. The second-order valence-corrected chi connectivity index (χ2v) is 6.98. The number of phenolic OH excluding ortho intramolecular Hbond substituents is 2. The lowest BCUT2D eigenvalue weighted by Crippen LogP contribution is -2.03. The summed E-state index contributed by atoms with van der Waals surface area (Å²) in [4.78, 5) is 0.252. The number of phenols is 2. The Morgan fingerprint density at radius 3 is 2.14 bits per heavy atom. The molecule has 2 aromatic carbocycles. The second-order valence-electron chi connectivity index (χ2n) is 5.03. The Morgan fingerprint density at radius 2 is 1.57 bits per heavy atom. The monoisotopic (exact) mass is 306 g/mol. The van der Waals surface area contributed by atoms with Crippen LogP contribution in [0, 0.1) is 0 Å². The fourth-order valence-corrected chi connectivity index (χ4v) is 3.37. The highest BCUT2D eigenvalue weighted by Crippen LogP contribution is 2.32. The van der Waals surface area contributed by atoms with Gasteiger partial charge in [0.05, 0.1) is 9.79 Å². The van der Waals surface area contributed by atoms with Gasteiger partial charge in [0, 0.05) is 0 Å². The minimum Gasteiger partial charge on any atom is -0.508 e. The van der Waals surface area contributed by atoms with Gasteiger partial charge < -0.3 is 10.2 Å². The molecular formula is C16H18O4S. The molecule has 0 aliphatic rings. The van der Waals surface area contributed by atoms with Gasteiger partial charge in [0.15, 0.2) is 0 Å². The van der Waals surface area contributed by atoms with Gasteiger partial charge in [-0.25, -0.2) is 8.42 Å². The molecule has 0 aliphatic heterocycles. The smallest absolute Gasteiger partial charge is 0.206 e. The van der Waals surface area contributed by atoms with Gasteiger partial charge in [0.1, 0.15) is 11.5 Å². The molecule has 4 nitrogen and oxygen atoms in total. The molecule has 5 heteroatoms. The molecule has 0 saturated carbocycles. The van der Waals surface area contributed by atoms with Gasteiger partial charge in [-0.05, 0) is 60.4 Å². The molecule has 0 bridgehead atoms. The average molecular weight is 306 g/mol. The molecule has 0 aromatic heterocycles. The fraction of sp³-hybridized carbons (Fsp3) is 0.250. The summed E-state index contributed by atoms with van der Waals surface area (Å²) in [5, 5.41) is 19.1. The van der Waals surface area contributed by atoms with Crippen molar-refractivity contribution < 1.29 is 18.6 Å². The Balaban J connectivity index is 2.53. The van der Waals surface area contributed by atoms with E-state index in [2.05, 4.69) is 0 Å². The van der Waals surface area contributed by atoms with Crippen LogP contribution in [0.2, 0.25) is 0 Å². The molecule has 0 fully saturated rings. The van der Waals surface area contributed by atoms with E-state index in [0.717, 1.165) is 6.42 Å². The highest BCUT2D eigenvalue weighted by Gasteiger charge is 2.20. The zero-order valence-electron chi connectivity index (χ0n) is 11.9. The third-order valence-electron chi connectivity index (χ3n) is 3.60. The molecule has 0 saturated heterocycles. The first-order valence-electron chi connectivity index (χ1n) is 6.73. The Morgan fingerprint density at radius 1 is 1.00 bits per heavy atom. The van der Waals surface area contributed by atoms with Crippen LogP contribution in [0.25, 0.3) is 0 Å². The highest BCUT2D eigenvalue weighted by atomic mass is 32.2. The maximum Gasteiger partial charge on any atom is 0.206 e. The van der Waals surface area contributed by atoms with Gasteiger partial charge in [-0.3, -0.25) is 0 Å². The van der Waals surface area contributed by atoms with Crippen molar-refractivity contribution in [2.24, 2.45) is 0 Å². The van der Waals surface area contributed by atoms with Crippen molar-refractivity contribution in [2.75, 3.05) is 0 Å². The summed E-state index contributed by atoms with van der Waals surface area (Å²) in [6, 6.07) is 9.72. The number of hydrogen-bond donors (Lipinski definition) is 2. The van der Waals surface area contributed by atoms with Crippen molar-refractivity contribution in [1.82, 2.24) is 0 Å². The number of rotatable bonds is 4. The zero-order valence-corrected chi connectivity index (χ0v) is 12.8. The number of sulfone groups is 1. The van der Waals surface area contributed by atoms with E-state index in [4.69, 9.17) is 0 Å². The zero-order chi connectivity index (χ0) is 15.6. The van der Waals surface area contributed by atoms with Crippen LogP contribution in [-0.2, 0) is 9.84 Å². The predicted octanol–water partition coefficient (Wildman–Crippen LogP) is 3.44. The molecule has 0 heterocycles. The summed E-state index contributed by atoms with van der Waals surface area (Å²) in [5.41, 5.74) is 0.623. The van der Waals surface area contributed by atoms with Gasteiger partial charge >= 0.3 is 0 Å². The van der Waals surface area contributed by atoms with Gasteiger partial charge in [0.25, 0.3) is 0 Å². The van der Waals surface area contributed by atoms with Crippen molar-refractivity contribution in [3.05, 3.63) is 48.0 Å². The van der Waals surface area contributed by atoms with E-state index in [-0.39, 0.29) is 27.2 Å². The van der Waals surface area contributed by atoms with Crippen LogP contribution in [0.1, 0.15) is 31.7 Å². The van der Waals surface area contributed by atoms with E-state index in [0.29, 0.717) is 5.56 Å². The summed E-state index contributed by atoms with van der Waals surface area (Å²) in [7, 11) is -3.66. The third kappa shape index (κ3) is 3.03. The Kier molecular flexibility index (Phi) is 4.23. The fourth-order valence-electron chi connectivity index (χ4n) is 2.08. The molecule has 0 radical (unpaired) electrons. The van der Waals surface area contributed by atoms with E-state index in [9.17, 15) is 18.6 Å². The number of benzene rings is 2. The van der Waals surface area contributed by atoms with Gasteiger partial charge in [0.2, 0.25) is 9.84 Å². The summed E-state index contributed by atoms with van der Waals surface area (Å²) in [6.07, 6.45) is 0.802. The molecule has 2 rings (SSSR count). The lowest BCUT2D eigenvalue weighted by atomic mass is 9.98. The van der Waals surface area contributed by atoms with Crippen molar-refractivity contribution in [1.29, 1.82) is 0 Å². The second kappa shape index (κ2) is 5.77. The topological polar surface area (TPSA) is 74.6 Å². The summed E-state index contributed by atoms with van der Waals surface area (Å²) in [5.74, 6) is 0.189. The lowest BCUT2D eigenvalue weighted by Gasteiger charge is -2.13. The minimum atomic E-state index is -3.66. The van der Waals surface area contributed by atoms with Gasteiger partial charge in [-0.15, -0.1) is 0 Å². The molecule has 2 aromatic rings. The number of aromatic hydroxyl groups is 2. The van der Waals surface area contributed by atoms with Crippen LogP contribution in [0.4, 0.5) is 0 Å². The number of hydrogen-bond acceptors (Lipinski definition) is 4. The predicted molar refractivity (Wildman–Crippen MR) is 80.4 cm³/mol. The van der Waals surface area contributed by atoms with Crippen LogP contribution in [0.15, 0.2) is 52.3 Å². The molecule has 0 amide bonds. The minimum absolute atomic E-state index is 0.0138. The largest absolute Gasteiger partial charge is 0.508 e. The Bertz CT molecular complexity index is 733. The molecular weight excluding hydrogens is 288 g/mol. The summed E-state index contributed by atoms with van der Waals surface area (Å²) >= 11 is 0. The molecule has 2 N–H and O–H groups in total. The first-order chi connectivity index (χ1) is 9.86. The lowest BCUT2D eigenvalue weighted by molar-refractivity contribution is 0.461. The van der Waals surface area contributed by atoms with E-state index in [1.54, 1.807) is 0 Å². The Labute approximate surface area is 124 Å². The SMILES string of the molecule is CCC(C)c1cc(S(=O)(=O)c2ccc(O)cc2)ccc1O. The third-order valence-corrected chi connectivity index (χ3v) is 5.37. The molecule has 1 atom stereocenters. The maximum atomic E-state index is 12.6. The normalized spacial score (nSPS) is 13.0. The molecule has 0 spiro atoms. The van der Waals surface area contributed by atoms with E-state index in [1.807, 2.05) is 13.8 Å². The van der Waals surface area contributed by atoms with E-state index in [1.165, 1.54) is 42.5 Å². The molecule has 1 unspecified atom stereocenters. The van der Waals surface area contributed by atoms with Crippen molar-refractivity contribution in [3.8, 4) is 11.5 Å². The first kappa shape index (κ1) is 15.4. The van der Waals surface area contributed by atoms with Crippen LogP contribution < -0.4 is 0 Å². The summed E-state index contributed by atoms with van der Waals surface area (Å²) < 4.78 is 25.1. The molecule has 0 aliphatic carbocycles. The Hall–Kier alpha value is -2.01. The molecule has 21 heavy (non-hydrogen) atoms. The summed E-state index contributed by atoms with van der Waals surface area (Å²) in [6.45, 7) is 3.91. The van der Waals surface area contributed by atoms with Crippen LogP contribution in [-0.4, -0.2) is 18.6 Å². The van der Waals surface area contributed by atoms with E-state index >= 15 is 0 Å².